The van der Waals surface area contributed by atoms with Gasteiger partial charge in [0.15, 0.2) is 0 Å². The van der Waals surface area contributed by atoms with Crippen LogP contribution in [0.4, 0.5) is 5.69 Å². The highest BCUT2D eigenvalue weighted by atomic mass is 16.6. The van der Waals surface area contributed by atoms with Gasteiger partial charge in [0.25, 0.3) is 0 Å². The zero-order valence-electron chi connectivity index (χ0n) is 25.2. The van der Waals surface area contributed by atoms with E-state index >= 15 is 0 Å². The second kappa shape index (κ2) is 12.4. The summed E-state index contributed by atoms with van der Waals surface area (Å²) in [5, 5.41) is 1.07. The third-order valence-corrected chi connectivity index (χ3v) is 8.40. The Morgan fingerprint density at radius 1 is 0.951 bits per heavy atom. The number of nitrogens with zero attached hydrogens (tertiary/aromatic N) is 3. The number of benzene rings is 2. The number of rotatable bonds is 13. The number of hydrogen-bond donors (Lipinski definition) is 0. The Hall–Kier alpha value is -3.80. The fraction of sp³-hybridized carbons (Fsp3) is 0.429. The summed E-state index contributed by atoms with van der Waals surface area (Å²) in [4.78, 5) is 20.8. The van der Waals surface area contributed by atoms with Crippen LogP contribution >= 0.6 is 0 Å². The van der Waals surface area contributed by atoms with Crippen LogP contribution in [0.25, 0.3) is 10.9 Å². The molecule has 1 atom stereocenters. The van der Waals surface area contributed by atoms with E-state index in [1.807, 2.05) is 6.07 Å². The highest BCUT2D eigenvalue weighted by molar-refractivity contribution is 5.98. The molecule has 0 N–H and O–H groups in total. The lowest BCUT2D eigenvalue weighted by Crippen LogP contribution is -2.32. The molecule has 216 valence electrons. The molecule has 0 saturated carbocycles. The minimum absolute atomic E-state index is 0.359. The van der Waals surface area contributed by atoms with E-state index in [1.54, 1.807) is 12.3 Å². The molecule has 0 bridgehead atoms. The number of cyclic esters (lactones) is 1. The Balaban J connectivity index is 1.83. The van der Waals surface area contributed by atoms with Crippen LogP contribution in [0.15, 0.2) is 60.8 Å². The first-order chi connectivity index (χ1) is 20.0. The van der Waals surface area contributed by atoms with Crippen molar-refractivity contribution < 1.29 is 14.3 Å². The van der Waals surface area contributed by atoms with E-state index in [2.05, 4.69) is 86.6 Å². The highest BCUT2D eigenvalue weighted by Gasteiger charge is 2.54. The average Bonchev–Trinajstić information content (AvgIpc) is 3.45. The fourth-order valence-corrected chi connectivity index (χ4v) is 6.30. The molecule has 4 aromatic rings. The number of para-hydroxylation sites is 1. The molecule has 6 heteroatoms. The minimum Gasteiger partial charge on any atom is -0.493 e. The van der Waals surface area contributed by atoms with Crippen molar-refractivity contribution in [2.24, 2.45) is 0 Å². The molecule has 0 aliphatic carbocycles. The normalized spacial score (nSPS) is 16.2. The van der Waals surface area contributed by atoms with E-state index in [1.165, 1.54) is 0 Å². The Morgan fingerprint density at radius 3 is 2.49 bits per heavy atom. The van der Waals surface area contributed by atoms with E-state index in [4.69, 9.17) is 14.5 Å². The van der Waals surface area contributed by atoms with Crippen molar-refractivity contribution in [3.8, 4) is 5.75 Å². The third kappa shape index (κ3) is 4.98. The van der Waals surface area contributed by atoms with Crippen LogP contribution in [0, 0.1) is 6.92 Å². The number of ether oxygens (including phenoxy) is 2. The number of carbonyl (C=O) groups is 1. The molecule has 0 radical (unpaired) electrons. The van der Waals surface area contributed by atoms with Crippen LogP contribution < -0.4 is 9.64 Å². The van der Waals surface area contributed by atoms with Crippen molar-refractivity contribution in [1.82, 2.24) is 9.55 Å². The molecule has 0 saturated heterocycles. The second-order valence-electron chi connectivity index (χ2n) is 10.9. The number of esters is 1. The molecule has 1 aliphatic rings. The summed E-state index contributed by atoms with van der Waals surface area (Å²) >= 11 is 0. The first-order valence-electron chi connectivity index (χ1n) is 15.3. The maximum Gasteiger partial charge on any atom is 0.341 e. The second-order valence-corrected chi connectivity index (χ2v) is 10.9. The van der Waals surface area contributed by atoms with E-state index < -0.39 is 5.60 Å². The molecule has 0 fully saturated rings. The Kier molecular flexibility index (Phi) is 8.67. The van der Waals surface area contributed by atoms with Crippen LogP contribution in [-0.2, 0) is 16.9 Å². The SMILES string of the molecule is CCCCCn1c(C)c(C2(c3ccc(N(CC)CC)cc3OCCCC)OC(=O)c3cccnc32)c2ccccc21. The predicted octanol–water partition coefficient (Wildman–Crippen LogP) is 8.02. The number of aryl methyl sites for hydroxylation is 1. The van der Waals surface area contributed by atoms with Gasteiger partial charge in [-0.3, -0.25) is 4.98 Å². The summed E-state index contributed by atoms with van der Waals surface area (Å²) in [7, 11) is 0. The molecule has 1 unspecified atom stereocenters. The van der Waals surface area contributed by atoms with Crippen molar-refractivity contribution in [1.29, 1.82) is 0 Å². The summed E-state index contributed by atoms with van der Waals surface area (Å²) in [6.07, 6.45) is 7.12. The molecular weight excluding hydrogens is 510 g/mol. The van der Waals surface area contributed by atoms with Gasteiger partial charge in [0, 0.05) is 65.3 Å². The van der Waals surface area contributed by atoms with Gasteiger partial charge in [-0.15, -0.1) is 0 Å². The van der Waals surface area contributed by atoms with Crippen LogP contribution in [0.3, 0.4) is 0 Å². The van der Waals surface area contributed by atoms with Crippen LogP contribution in [0.2, 0.25) is 0 Å². The molecule has 41 heavy (non-hydrogen) atoms. The zero-order valence-corrected chi connectivity index (χ0v) is 25.2. The number of carbonyl (C=O) groups excluding carboxylic acids is 1. The maximum absolute atomic E-state index is 13.6. The molecule has 0 spiro atoms. The molecule has 2 aromatic heterocycles. The lowest BCUT2D eigenvalue weighted by atomic mass is 9.80. The molecule has 6 nitrogen and oxygen atoms in total. The summed E-state index contributed by atoms with van der Waals surface area (Å²) in [5.41, 5.74) is 4.98. The van der Waals surface area contributed by atoms with Gasteiger partial charge in [-0.1, -0.05) is 51.3 Å². The Labute approximate surface area is 244 Å². The largest absolute Gasteiger partial charge is 0.493 e. The highest BCUT2D eigenvalue weighted by Crippen LogP contribution is 2.53. The van der Waals surface area contributed by atoms with Crippen molar-refractivity contribution in [3.05, 3.63) is 88.9 Å². The van der Waals surface area contributed by atoms with Crippen molar-refractivity contribution in [2.75, 3.05) is 24.6 Å². The van der Waals surface area contributed by atoms with Crippen LogP contribution in [0.5, 0.6) is 5.75 Å². The van der Waals surface area contributed by atoms with Gasteiger partial charge in [0.05, 0.1) is 12.2 Å². The first kappa shape index (κ1) is 28.7. The van der Waals surface area contributed by atoms with Gasteiger partial charge < -0.3 is 18.9 Å². The first-order valence-corrected chi connectivity index (χ1v) is 15.3. The van der Waals surface area contributed by atoms with Gasteiger partial charge in [0.1, 0.15) is 11.4 Å². The topological polar surface area (TPSA) is 56.6 Å². The number of hydrogen-bond acceptors (Lipinski definition) is 5. The lowest BCUT2D eigenvalue weighted by molar-refractivity contribution is 0.0237. The van der Waals surface area contributed by atoms with Gasteiger partial charge in [-0.05, 0) is 63.9 Å². The van der Waals surface area contributed by atoms with E-state index in [0.29, 0.717) is 17.9 Å². The predicted molar refractivity (Wildman–Crippen MR) is 166 cm³/mol. The van der Waals surface area contributed by atoms with Crippen molar-refractivity contribution in [2.45, 2.75) is 78.9 Å². The fourth-order valence-electron chi connectivity index (χ4n) is 6.30. The Morgan fingerprint density at radius 2 is 1.73 bits per heavy atom. The number of fused-ring (bicyclic) bond motifs is 2. The molecule has 5 rings (SSSR count). The third-order valence-electron chi connectivity index (χ3n) is 8.40. The average molecular weight is 554 g/mol. The lowest BCUT2D eigenvalue weighted by Gasteiger charge is -2.32. The van der Waals surface area contributed by atoms with Crippen molar-refractivity contribution in [3.63, 3.8) is 0 Å². The number of anilines is 1. The number of unbranched alkanes of at least 4 members (excludes halogenated alkanes) is 3. The minimum atomic E-state index is -1.24. The summed E-state index contributed by atoms with van der Waals surface area (Å²) in [6, 6.07) is 18.4. The molecule has 2 aromatic carbocycles. The monoisotopic (exact) mass is 553 g/mol. The molecule has 3 heterocycles. The van der Waals surface area contributed by atoms with Gasteiger partial charge in [-0.2, -0.15) is 0 Å². The summed E-state index contributed by atoms with van der Waals surface area (Å²) in [5.74, 6) is 0.374. The maximum atomic E-state index is 13.6. The van der Waals surface area contributed by atoms with Gasteiger partial charge in [-0.25, -0.2) is 4.79 Å². The van der Waals surface area contributed by atoms with Crippen molar-refractivity contribution >= 4 is 22.6 Å². The summed E-state index contributed by atoms with van der Waals surface area (Å²) in [6.45, 7) is 14.1. The molecule has 1 aliphatic heterocycles. The number of pyridine rings is 1. The summed E-state index contributed by atoms with van der Waals surface area (Å²) < 4.78 is 15.6. The van der Waals surface area contributed by atoms with Crippen LogP contribution in [-0.4, -0.2) is 35.2 Å². The smallest absolute Gasteiger partial charge is 0.341 e. The van der Waals surface area contributed by atoms with E-state index in [0.717, 1.165) is 90.9 Å². The molecule has 0 amide bonds. The van der Waals surface area contributed by atoms with Crippen LogP contribution in [0.1, 0.15) is 92.7 Å². The van der Waals surface area contributed by atoms with E-state index in [-0.39, 0.29) is 5.97 Å². The zero-order chi connectivity index (χ0) is 29.0. The standard InChI is InChI=1S/C35H43N3O3/c1-6-10-14-22-38-25(5)32(27-16-12-13-18-30(27)38)35(33-28(34(39)41-35)17-15-21-36-33)29-20-19-26(37(8-3)9-4)24-31(29)40-23-11-7-2/h12-13,15-21,24H,6-11,14,22-23H2,1-5H3. The Bertz CT molecular complexity index is 1520. The number of aromatic nitrogens is 2. The van der Waals surface area contributed by atoms with Gasteiger partial charge >= 0.3 is 5.97 Å². The molecular formula is C35H43N3O3. The quantitative estimate of drug-likeness (QED) is 0.124. The van der Waals surface area contributed by atoms with E-state index in [9.17, 15) is 4.79 Å². The van der Waals surface area contributed by atoms with Gasteiger partial charge in [0.2, 0.25) is 5.60 Å².